The average Bonchev–Trinajstić information content (AvgIpc) is 3.18. The van der Waals surface area contributed by atoms with Crippen LogP contribution < -0.4 is 10.4 Å². The Morgan fingerprint density at radius 3 is 2.42 bits per heavy atom. The van der Waals surface area contributed by atoms with Crippen LogP contribution in [0.1, 0.15) is 43.6 Å². The molecule has 1 aliphatic rings. The molecule has 3 aromatic rings. The second kappa shape index (κ2) is 9.11. The Kier molecular flexibility index (Phi) is 6.41. The molecule has 176 valence electrons. The van der Waals surface area contributed by atoms with Crippen molar-refractivity contribution < 1.29 is 14.4 Å². The second-order valence-corrected chi connectivity index (χ2v) is 9.64. The van der Waals surface area contributed by atoms with Crippen molar-refractivity contribution in [3.63, 3.8) is 0 Å². The minimum atomic E-state index is -1.22. The summed E-state index contributed by atoms with van der Waals surface area (Å²) in [6.45, 7) is 10.3. The van der Waals surface area contributed by atoms with Gasteiger partial charge in [0, 0.05) is 67.3 Å². The number of piperazine rings is 1. The van der Waals surface area contributed by atoms with E-state index in [1.165, 1.54) is 0 Å². The molecule has 0 spiro atoms. The summed E-state index contributed by atoms with van der Waals surface area (Å²) in [6, 6.07) is 11.7. The van der Waals surface area contributed by atoms with Crippen LogP contribution in [0.25, 0.3) is 11.0 Å². The van der Waals surface area contributed by atoms with Gasteiger partial charge in [0.25, 0.3) is 5.91 Å². The smallest absolute Gasteiger partial charge is 0.274 e. The zero-order chi connectivity index (χ0) is 23.8. The van der Waals surface area contributed by atoms with E-state index in [4.69, 9.17) is 5.21 Å². The summed E-state index contributed by atoms with van der Waals surface area (Å²) < 4.78 is 16.4. The molecule has 1 amide bonds. The third kappa shape index (κ3) is 5.02. The summed E-state index contributed by atoms with van der Waals surface area (Å²) in [6.07, 6.45) is 3.87. The normalized spacial score (nSPS) is 19.8. The predicted octanol–water partition coefficient (Wildman–Crippen LogP) is 3.85. The molecule has 2 atom stereocenters. The number of carbonyl (C=O) groups is 1. The fourth-order valence-corrected chi connectivity index (χ4v) is 4.80. The largest absolute Gasteiger partial charge is 0.368 e. The number of nitrogens with zero attached hydrogens (tertiary/aromatic N) is 4. The SMILES string of the molecule is C[C@@H]1CN(c2ccnc3c2ccn3Cc2ccc(C(=O)NO)cc2)C[C@H](C)N1CC(C)(C)F. The molecule has 0 bridgehead atoms. The van der Waals surface area contributed by atoms with Crippen molar-refractivity contribution in [2.75, 3.05) is 24.5 Å². The van der Waals surface area contributed by atoms with Crippen LogP contribution in [0.5, 0.6) is 0 Å². The highest BCUT2D eigenvalue weighted by molar-refractivity contribution is 5.93. The molecule has 1 aliphatic heterocycles. The van der Waals surface area contributed by atoms with Crippen molar-refractivity contribution in [1.29, 1.82) is 0 Å². The van der Waals surface area contributed by atoms with Crippen LogP contribution >= 0.6 is 0 Å². The summed E-state index contributed by atoms with van der Waals surface area (Å²) in [4.78, 5) is 20.8. The van der Waals surface area contributed by atoms with Gasteiger partial charge in [0.1, 0.15) is 11.3 Å². The number of benzene rings is 1. The summed E-state index contributed by atoms with van der Waals surface area (Å²) in [5.74, 6) is -0.530. The van der Waals surface area contributed by atoms with Gasteiger partial charge < -0.3 is 9.47 Å². The van der Waals surface area contributed by atoms with Gasteiger partial charge in [-0.25, -0.2) is 14.9 Å². The van der Waals surface area contributed by atoms with Gasteiger partial charge in [0.05, 0.1) is 0 Å². The molecule has 1 fully saturated rings. The van der Waals surface area contributed by atoms with Crippen molar-refractivity contribution in [2.45, 2.75) is 52.0 Å². The highest BCUT2D eigenvalue weighted by Crippen LogP contribution is 2.30. The van der Waals surface area contributed by atoms with Gasteiger partial charge in [-0.1, -0.05) is 12.1 Å². The fourth-order valence-electron chi connectivity index (χ4n) is 4.80. The van der Waals surface area contributed by atoms with Gasteiger partial charge in [-0.2, -0.15) is 0 Å². The number of alkyl halides is 1. The van der Waals surface area contributed by atoms with E-state index in [9.17, 15) is 9.18 Å². The number of hydroxylamine groups is 1. The maximum atomic E-state index is 14.3. The number of rotatable bonds is 6. The van der Waals surface area contributed by atoms with Gasteiger partial charge in [-0.3, -0.25) is 14.9 Å². The average molecular weight is 454 g/mol. The molecule has 4 rings (SSSR count). The highest BCUT2D eigenvalue weighted by atomic mass is 19.1. The summed E-state index contributed by atoms with van der Waals surface area (Å²) in [5, 5.41) is 9.87. The Morgan fingerprint density at radius 1 is 1.15 bits per heavy atom. The number of amides is 1. The quantitative estimate of drug-likeness (QED) is 0.438. The Morgan fingerprint density at radius 2 is 1.82 bits per heavy atom. The van der Waals surface area contributed by atoms with Crippen LogP contribution in [0.3, 0.4) is 0 Å². The molecule has 0 unspecified atom stereocenters. The summed E-state index contributed by atoms with van der Waals surface area (Å²) in [7, 11) is 0. The van der Waals surface area contributed by atoms with E-state index in [2.05, 4.69) is 45.3 Å². The lowest BCUT2D eigenvalue weighted by atomic mass is 10.0. The lowest BCUT2D eigenvalue weighted by Gasteiger charge is -2.46. The van der Waals surface area contributed by atoms with Gasteiger partial charge in [0.15, 0.2) is 0 Å². The van der Waals surface area contributed by atoms with Crippen LogP contribution in [0, 0.1) is 0 Å². The number of carbonyl (C=O) groups excluding carboxylic acids is 1. The highest BCUT2D eigenvalue weighted by Gasteiger charge is 2.34. The zero-order valence-electron chi connectivity index (χ0n) is 19.6. The van der Waals surface area contributed by atoms with Crippen molar-refractivity contribution >= 4 is 22.6 Å². The molecule has 3 heterocycles. The monoisotopic (exact) mass is 453 g/mol. The molecular weight excluding hydrogens is 421 g/mol. The summed E-state index contributed by atoms with van der Waals surface area (Å²) >= 11 is 0. The first kappa shape index (κ1) is 23.2. The lowest BCUT2D eigenvalue weighted by Crippen LogP contribution is -2.59. The van der Waals surface area contributed by atoms with Gasteiger partial charge in [0.2, 0.25) is 0 Å². The number of nitrogens with one attached hydrogen (secondary N) is 1. The van der Waals surface area contributed by atoms with E-state index in [1.807, 2.05) is 24.5 Å². The minimum absolute atomic E-state index is 0.240. The molecule has 2 aromatic heterocycles. The topological polar surface area (TPSA) is 73.6 Å². The van der Waals surface area contributed by atoms with Crippen LogP contribution in [0.4, 0.5) is 10.1 Å². The van der Waals surface area contributed by atoms with E-state index in [0.717, 1.165) is 35.4 Å². The Bertz CT molecular complexity index is 1110. The van der Waals surface area contributed by atoms with Crippen LogP contribution in [-0.4, -0.2) is 63.0 Å². The number of aromatic nitrogens is 2. The van der Waals surface area contributed by atoms with Crippen LogP contribution in [-0.2, 0) is 6.54 Å². The standard InChI is InChI=1S/C25H32FN5O2/c1-17-13-30(14-18(2)31(17)16-25(3,4)26)22-9-11-27-23-21(22)10-12-29(23)15-19-5-7-20(8-6-19)24(32)28-33/h5-12,17-18,33H,13-16H2,1-4H3,(H,28,32)/t17-,18+. The first-order chi connectivity index (χ1) is 15.7. The van der Waals surface area contributed by atoms with Gasteiger partial charge >= 0.3 is 0 Å². The first-order valence-corrected chi connectivity index (χ1v) is 11.3. The number of fused-ring (bicyclic) bond motifs is 1. The molecular formula is C25H32FN5O2. The molecule has 1 aromatic carbocycles. The molecule has 0 radical (unpaired) electrons. The maximum Gasteiger partial charge on any atom is 0.274 e. The molecule has 33 heavy (non-hydrogen) atoms. The van der Waals surface area contributed by atoms with E-state index in [1.54, 1.807) is 31.5 Å². The number of hydrogen-bond acceptors (Lipinski definition) is 5. The third-order valence-corrected chi connectivity index (χ3v) is 6.31. The fraction of sp³-hybridized carbons (Fsp3) is 0.440. The van der Waals surface area contributed by atoms with Crippen molar-refractivity contribution in [2.24, 2.45) is 0 Å². The van der Waals surface area contributed by atoms with Crippen LogP contribution in [0.15, 0.2) is 48.8 Å². The summed E-state index contributed by atoms with van der Waals surface area (Å²) in [5.41, 5.74) is 3.90. The number of hydrogen-bond donors (Lipinski definition) is 2. The number of pyridine rings is 1. The van der Waals surface area contributed by atoms with E-state index >= 15 is 0 Å². The van der Waals surface area contributed by atoms with E-state index in [-0.39, 0.29) is 12.1 Å². The number of halogens is 1. The first-order valence-electron chi connectivity index (χ1n) is 11.3. The maximum absolute atomic E-state index is 14.3. The molecule has 8 heteroatoms. The Balaban J connectivity index is 1.55. The number of anilines is 1. The molecule has 7 nitrogen and oxygen atoms in total. The molecule has 0 aliphatic carbocycles. The van der Waals surface area contributed by atoms with Gasteiger partial charge in [-0.15, -0.1) is 0 Å². The molecule has 1 saturated heterocycles. The lowest BCUT2D eigenvalue weighted by molar-refractivity contribution is 0.0587. The second-order valence-electron chi connectivity index (χ2n) is 9.64. The molecule has 0 saturated carbocycles. The van der Waals surface area contributed by atoms with Crippen molar-refractivity contribution in [3.05, 3.63) is 59.9 Å². The van der Waals surface area contributed by atoms with Crippen LogP contribution in [0.2, 0.25) is 0 Å². The van der Waals surface area contributed by atoms with Crippen molar-refractivity contribution in [3.8, 4) is 0 Å². The minimum Gasteiger partial charge on any atom is -0.368 e. The zero-order valence-corrected chi connectivity index (χ0v) is 19.6. The predicted molar refractivity (Wildman–Crippen MR) is 128 cm³/mol. The van der Waals surface area contributed by atoms with Crippen molar-refractivity contribution in [1.82, 2.24) is 19.9 Å². The third-order valence-electron chi connectivity index (χ3n) is 6.31. The Hall–Kier alpha value is -2.97. The van der Waals surface area contributed by atoms with E-state index < -0.39 is 11.6 Å². The van der Waals surface area contributed by atoms with Gasteiger partial charge in [-0.05, 0) is 57.5 Å². The Labute approximate surface area is 193 Å². The van der Waals surface area contributed by atoms with E-state index in [0.29, 0.717) is 18.7 Å². The molecule has 2 N–H and O–H groups in total.